The van der Waals surface area contributed by atoms with Gasteiger partial charge in [-0.05, 0) is 34.8 Å². The fourth-order valence-electron chi connectivity index (χ4n) is 0.309. The first kappa shape index (κ1) is 16.8. The van der Waals surface area contributed by atoms with Gasteiger partial charge in [0, 0.05) is 0 Å². The second-order valence-electron chi connectivity index (χ2n) is 1.83. The van der Waals surface area contributed by atoms with Crippen molar-refractivity contribution in [1.29, 1.82) is 0 Å². The Hall–Kier alpha value is 0.760. The summed E-state index contributed by atoms with van der Waals surface area (Å²) in [4.78, 5) is 0. The average Bonchev–Trinajstić information content (AvgIpc) is 1.70. The second-order valence-corrected chi connectivity index (χ2v) is 4.15. The van der Waals surface area contributed by atoms with Gasteiger partial charge >= 0.3 is 25.3 Å². The summed E-state index contributed by atoms with van der Waals surface area (Å²) in [5, 5.41) is 0. The van der Waals surface area contributed by atoms with Crippen LogP contribution in [0.15, 0.2) is 0 Å². The molecule has 98 valence electrons. The standard InChI is InChI=1S/C3Cl3F6O3P/c4-1(7,8)13-16(14-2(5,9)10)15-3(6,11)12. The van der Waals surface area contributed by atoms with Crippen LogP contribution in [0.4, 0.5) is 26.3 Å². The van der Waals surface area contributed by atoms with Gasteiger partial charge in [0.2, 0.25) is 0 Å². The van der Waals surface area contributed by atoms with E-state index in [9.17, 15) is 26.3 Å². The van der Waals surface area contributed by atoms with Crippen LogP contribution in [0.3, 0.4) is 0 Å². The van der Waals surface area contributed by atoms with Crippen LogP contribution in [-0.2, 0) is 13.6 Å². The molecule has 0 saturated carbocycles. The molecular formula is C3Cl3F6O3P. The zero-order valence-corrected chi connectivity index (χ0v) is 9.74. The molecule has 0 rings (SSSR count). The van der Waals surface area contributed by atoms with Gasteiger partial charge in [-0.25, -0.2) is 13.6 Å². The molecule has 0 aromatic heterocycles. The SMILES string of the molecule is FC(F)(Cl)OP(OC(F)(F)Cl)OC(F)(F)Cl. The Morgan fingerprint density at radius 3 is 0.938 bits per heavy atom. The van der Waals surface area contributed by atoms with E-state index in [0.29, 0.717) is 0 Å². The van der Waals surface area contributed by atoms with Crippen LogP contribution >= 0.6 is 43.4 Å². The summed E-state index contributed by atoms with van der Waals surface area (Å²) in [5.41, 5.74) is -13.7. The van der Waals surface area contributed by atoms with E-state index in [1.807, 2.05) is 0 Å². The average molecular weight is 335 g/mol. The van der Waals surface area contributed by atoms with Crippen LogP contribution in [0, 0.1) is 0 Å². The minimum Gasteiger partial charge on any atom is -0.232 e. The van der Waals surface area contributed by atoms with Crippen molar-refractivity contribution in [3.8, 4) is 0 Å². The topological polar surface area (TPSA) is 27.7 Å². The minimum absolute atomic E-state index is 3.11. The van der Waals surface area contributed by atoms with E-state index in [0.717, 1.165) is 0 Å². The van der Waals surface area contributed by atoms with E-state index in [4.69, 9.17) is 0 Å². The highest BCUT2D eigenvalue weighted by Gasteiger charge is 2.45. The zero-order chi connectivity index (χ0) is 13.2. The third kappa shape index (κ3) is 11.3. The number of hydrogen-bond donors (Lipinski definition) is 0. The molecule has 0 bridgehead atoms. The lowest BCUT2D eigenvalue weighted by molar-refractivity contribution is -0.175. The number of hydrogen-bond acceptors (Lipinski definition) is 3. The second kappa shape index (κ2) is 5.60. The van der Waals surface area contributed by atoms with Gasteiger partial charge in [-0.1, -0.05) is 0 Å². The van der Waals surface area contributed by atoms with E-state index in [1.54, 1.807) is 0 Å². The normalized spacial score (nSPS) is 14.6. The summed E-state index contributed by atoms with van der Waals surface area (Å²) in [7, 11) is -3.97. The number of halogens is 9. The summed E-state index contributed by atoms with van der Waals surface area (Å²) < 4.78 is 81.0. The van der Waals surface area contributed by atoms with Gasteiger partial charge in [0.1, 0.15) is 0 Å². The molecule has 0 aliphatic carbocycles. The molecule has 0 aromatic carbocycles. The van der Waals surface area contributed by atoms with Crippen molar-refractivity contribution in [3.05, 3.63) is 0 Å². The van der Waals surface area contributed by atoms with Gasteiger partial charge < -0.3 is 0 Å². The van der Waals surface area contributed by atoms with Crippen LogP contribution in [0.2, 0.25) is 0 Å². The van der Waals surface area contributed by atoms with Crippen LogP contribution in [0.25, 0.3) is 0 Å². The summed E-state index contributed by atoms with van der Waals surface area (Å²) in [6.07, 6.45) is 0. The maximum Gasteiger partial charge on any atom is 0.446 e. The number of alkyl halides is 9. The summed E-state index contributed by atoms with van der Waals surface area (Å²) in [6, 6.07) is 0. The van der Waals surface area contributed by atoms with E-state index in [1.165, 1.54) is 0 Å². The highest BCUT2D eigenvalue weighted by Crippen LogP contribution is 2.54. The molecule has 13 heteroatoms. The van der Waals surface area contributed by atoms with Gasteiger partial charge in [0.05, 0.1) is 0 Å². The molecule has 0 unspecified atom stereocenters. The molecule has 0 radical (unpaired) electrons. The van der Waals surface area contributed by atoms with Gasteiger partial charge in [-0.15, -0.1) is 0 Å². The molecule has 0 aliphatic heterocycles. The maximum atomic E-state index is 11.9. The van der Waals surface area contributed by atoms with Crippen LogP contribution < -0.4 is 0 Å². The number of rotatable bonds is 6. The molecule has 0 saturated heterocycles. The Kier molecular flexibility index (Phi) is 5.87. The fourth-order valence-corrected chi connectivity index (χ4v) is 1.44. The first-order chi connectivity index (χ1) is 6.79. The molecule has 0 atom stereocenters. The Balaban J connectivity index is 4.53. The van der Waals surface area contributed by atoms with Crippen molar-refractivity contribution < 1.29 is 39.9 Å². The quantitative estimate of drug-likeness (QED) is 0.402. The molecule has 0 N–H and O–H groups in total. The lowest BCUT2D eigenvalue weighted by Crippen LogP contribution is -2.19. The Morgan fingerprint density at radius 2 is 0.812 bits per heavy atom. The van der Waals surface area contributed by atoms with Crippen molar-refractivity contribution in [2.24, 2.45) is 0 Å². The van der Waals surface area contributed by atoms with Crippen LogP contribution in [0.5, 0.6) is 0 Å². The predicted octanol–water partition coefficient (Wildman–Crippen LogP) is 4.63. The van der Waals surface area contributed by atoms with E-state index >= 15 is 0 Å². The third-order valence-corrected chi connectivity index (χ3v) is 2.22. The van der Waals surface area contributed by atoms with Crippen molar-refractivity contribution in [1.82, 2.24) is 0 Å². The van der Waals surface area contributed by atoms with E-state index in [-0.39, 0.29) is 0 Å². The van der Waals surface area contributed by atoms with Crippen molar-refractivity contribution >= 4 is 43.4 Å². The van der Waals surface area contributed by atoms with Gasteiger partial charge in [-0.3, -0.25) is 0 Å². The highest BCUT2D eigenvalue weighted by molar-refractivity contribution is 7.42. The Labute approximate surface area is 100 Å². The molecular weight excluding hydrogens is 335 g/mol. The van der Waals surface area contributed by atoms with Gasteiger partial charge in [0.15, 0.2) is 0 Å². The summed E-state index contributed by atoms with van der Waals surface area (Å²) >= 11 is 12.3. The molecule has 0 aromatic rings. The van der Waals surface area contributed by atoms with Gasteiger partial charge in [-0.2, -0.15) is 26.3 Å². The van der Waals surface area contributed by atoms with E-state index in [2.05, 4.69) is 48.4 Å². The van der Waals surface area contributed by atoms with Crippen LogP contribution in [0.1, 0.15) is 0 Å². The largest absolute Gasteiger partial charge is 0.446 e. The smallest absolute Gasteiger partial charge is 0.232 e. The third-order valence-electron chi connectivity index (χ3n) is 0.534. The maximum absolute atomic E-state index is 11.9. The van der Waals surface area contributed by atoms with Gasteiger partial charge in [0.25, 0.3) is 0 Å². The molecule has 0 heterocycles. The lowest BCUT2D eigenvalue weighted by atomic mass is 11.5. The molecule has 0 spiro atoms. The highest BCUT2D eigenvalue weighted by atomic mass is 35.5. The first-order valence-corrected chi connectivity index (χ1v) is 5.09. The Bertz CT molecular complexity index is 188. The summed E-state index contributed by atoms with van der Waals surface area (Å²) in [6.45, 7) is 0. The van der Waals surface area contributed by atoms with Crippen molar-refractivity contribution in [2.75, 3.05) is 0 Å². The fraction of sp³-hybridized carbons (Fsp3) is 1.00. The molecule has 3 nitrogen and oxygen atoms in total. The minimum atomic E-state index is -4.57. The molecule has 0 amide bonds. The molecule has 0 fully saturated rings. The van der Waals surface area contributed by atoms with Crippen molar-refractivity contribution in [3.63, 3.8) is 0 Å². The molecule has 0 aliphatic rings. The lowest BCUT2D eigenvalue weighted by Gasteiger charge is -2.21. The predicted molar refractivity (Wildman–Crippen MR) is 42.6 cm³/mol. The van der Waals surface area contributed by atoms with Crippen molar-refractivity contribution in [2.45, 2.75) is 16.7 Å². The monoisotopic (exact) mass is 334 g/mol. The zero-order valence-electron chi connectivity index (χ0n) is 6.57. The van der Waals surface area contributed by atoms with E-state index < -0.39 is 25.3 Å². The first-order valence-electron chi connectivity index (χ1n) is 2.86. The van der Waals surface area contributed by atoms with Crippen LogP contribution in [-0.4, -0.2) is 16.7 Å². The summed E-state index contributed by atoms with van der Waals surface area (Å²) in [5.74, 6) is 0. The molecule has 16 heavy (non-hydrogen) atoms. The Morgan fingerprint density at radius 1 is 0.625 bits per heavy atom.